The van der Waals surface area contributed by atoms with Gasteiger partial charge in [0.05, 0.1) is 5.69 Å². The van der Waals surface area contributed by atoms with E-state index in [1.54, 1.807) is 6.92 Å². The van der Waals surface area contributed by atoms with E-state index in [9.17, 15) is 4.79 Å². The minimum Gasteiger partial charge on any atom is -0.478 e. The molecule has 0 bridgehead atoms. The molecule has 1 aliphatic rings. The first kappa shape index (κ1) is 9.45. The summed E-state index contributed by atoms with van der Waals surface area (Å²) in [4.78, 5) is 19.1. The van der Waals surface area contributed by atoms with Crippen molar-refractivity contribution < 1.29 is 9.90 Å². The first-order chi connectivity index (χ1) is 6.59. The van der Waals surface area contributed by atoms with Crippen molar-refractivity contribution in [1.29, 1.82) is 0 Å². The van der Waals surface area contributed by atoms with Gasteiger partial charge < -0.3 is 5.11 Å². The lowest BCUT2D eigenvalue weighted by atomic mass is 10.2. The van der Waals surface area contributed by atoms with Crippen LogP contribution in [0, 0.1) is 6.92 Å². The number of carboxylic acid groups (broad SMARTS) is 1. The molecule has 1 fully saturated rings. The van der Waals surface area contributed by atoms with Crippen molar-refractivity contribution in [2.45, 2.75) is 30.7 Å². The molecule has 1 aromatic rings. The molecule has 1 saturated carbocycles. The van der Waals surface area contributed by atoms with Gasteiger partial charge in [0.2, 0.25) is 0 Å². The normalized spacial score (nSPS) is 15.6. The molecule has 1 N–H and O–H groups in total. The van der Waals surface area contributed by atoms with E-state index in [0.29, 0.717) is 11.6 Å². The number of hydrogen-bond donors (Lipinski definition) is 2. The summed E-state index contributed by atoms with van der Waals surface area (Å²) in [6, 6.07) is 0. The molecule has 0 aliphatic heterocycles. The Labute approximate surface area is 86.8 Å². The fourth-order valence-corrected chi connectivity index (χ4v) is 1.71. The monoisotopic (exact) mass is 210 g/mol. The van der Waals surface area contributed by atoms with E-state index < -0.39 is 5.97 Å². The molecular weight excluding hydrogens is 200 g/mol. The van der Waals surface area contributed by atoms with E-state index in [0.717, 1.165) is 18.7 Å². The van der Waals surface area contributed by atoms with Crippen molar-refractivity contribution in [1.82, 2.24) is 9.97 Å². The van der Waals surface area contributed by atoms with Gasteiger partial charge in [-0.3, -0.25) is 0 Å². The van der Waals surface area contributed by atoms with Crippen molar-refractivity contribution in [3.05, 3.63) is 17.1 Å². The van der Waals surface area contributed by atoms with Gasteiger partial charge in [0.1, 0.15) is 16.4 Å². The van der Waals surface area contributed by atoms with E-state index >= 15 is 0 Å². The van der Waals surface area contributed by atoms with E-state index in [1.807, 2.05) is 0 Å². The van der Waals surface area contributed by atoms with Gasteiger partial charge in [-0.05, 0) is 19.8 Å². The summed E-state index contributed by atoms with van der Waals surface area (Å²) in [6.07, 6.45) is 2.19. The quantitative estimate of drug-likeness (QED) is 0.575. The molecule has 1 heterocycles. The Morgan fingerprint density at radius 1 is 1.50 bits per heavy atom. The average Bonchev–Trinajstić information content (AvgIpc) is 2.83. The number of carbonyl (C=O) groups is 1. The predicted octanol–water partition coefficient (Wildman–Crippen LogP) is 1.65. The van der Waals surface area contributed by atoms with Crippen LogP contribution in [0.1, 0.15) is 40.6 Å². The van der Waals surface area contributed by atoms with Gasteiger partial charge in [-0.1, -0.05) is 0 Å². The van der Waals surface area contributed by atoms with Crippen LogP contribution in [0.3, 0.4) is 0 Å². The lowest BCUT2D eigenvalue weighted by Gasteiger charge is -2.05. The number of rotatable bonds is 2. The second-order valence-corrected chi connectivity index (χ2v) is 3.87. The third-order valence-corrected chi connectivity index (χ3v) is 2.57. The second-order valence-electron chi connectivity index (χ2n) is 3.45. The maximum absolute atomic E-state index is 10.8. The van der Waals surface area contributed by atoms with Crippen LogP contribution >= 0.6 is 12.6 Å². The number of aromatic nitrogens is 2. The zero-order valence-electron chi connectivity index (χ0n) is 7.69. The molecule has 0 spiro atoms. The van der Waals surface area contributed by atoms with Gasteiger partial charge in [-0.2, -0.15) is 0 Å². The van der Waals surface area contributed by atoms with Gasteiger partial charge in [0.25, 0.3) is 0 Å². The van der Waals surface area contributed by atoms with Gasteiger partial charge in [-0.25, -0.2) is 14.8 Å². The molecule has 4 nitrogen and oxygen atoms in total. The first-order valence-electron chi connectivity index (χ1n) is 4.40. The molecule has 1 aromatic heterocycles. The Hall–Kier alpha value is -1.10. The maximum Gasteiger partial charge on any atom is 0.340 e. The van der Waals surface area contributed by atoms with Crippen LogP contribution in [0.25, 0.3) is 0 Å². The van der Waals surface area contributed by atoms with Crippen molar-refractivity contribution in [3.63, 3.8) is 0 Å². The molecule has 0 saturated heterocycles. The largest absolute Gasteiger partial charge is 0.478 e. The van der Waals surface area contributed by atoms with Gasteiger partial charge in [0.15, 0.2) is 0 Å². The predicted molar refractivity (Wildman–Crippen MR) is 53.0 cm³/mol. The highest BCUT2D eigenvalue weighted by molar-refractivity contribution is 7.80. The summed E-state index contributed by atoms with van der Waals surface area (Å²) in [7, 11) is 0. The van der Waals surface area contributed by atoms with E-state index in [-0.39, 0.29) is 10.6 Å². The Kier molecular flexibility index (Phi) is 2.19. The number of hydrogen-bond acceptors (Lipinski definition) is 4. The topological polar surface area (TPSA) is 63.1 Å². The SMILES string of the molecule is Cc1nc(C2CC2)nc(S)c1C(=O)O. The zero-order chi connectivity index (χ0) is 10.3. The summed E-state index contributed by atoms with van der Waals surface area (Å²) in [6.45, 7) is 1.68. The third-order valence-electron chi connectivity index (χ3n) is 2.24. The molecule has 0 aromatic carbocycles. The Morgan fingerprint density at radius 3 is 2.57 bits per heavy atom. The molecular formula is C9H10N2O2S. The van der Waals surface area contributed by atoms with E-state index in [2.05, 4.69) is 22.6 Å². The molecule has 14 heavy (non-hydrogen) atoms. The molecule has 74 valence electrons. The van der Waals surface area contributed by atoms with Crippen molar-refractivity contribution in [3.8, 4) is 0 Å². The van der Waals surface area contributed by atoms with Gasteiger partial charge >= 0.3 is 5.97 Å². The summed E-state index contributed by atoms with van der Waals surface area (Å²) in [5.41, 5.74) is 0.608. The Balaban J connectivity index is 2.49. The van der Waals surface area contributed by atoms with E-state index in [1.165, 1.54) is 0 Å². The minimum atomic E-state index is -1.02. The van der Waals surface area contributed by atoms with E-state index in [4.69, 9.17) is 5.11 Å². The lowest BCUT2D eigenvalue weighted by Crippen LogP contribution is -2.08. The summed E-state index contributed by atoms with van der Waals surface area (Å²) < 4.78 is 0. The lowest BCUT2D eigenvalue weighted by molar-refractivity contribution is 0.0690. The molecule has 0 unspecified atom stereocenters. The van der Waals surface area contributed by atoms with Crippen LogP contribution in [0.4, 0.5) is 0 Å². The van der Waals surface area contributed by atoms with Crippen LogP contribution in [-0.2, 0) is 0 Å². The highest BCUT2D eigenvalue weighted by atomic mass is 32.1. The molecule has 0 radical (unpaired) electrons. The summed E-state index contributed by atoms with van der Waals surface area (Å²) in [5.74, 6) is 0.134. The molecule has 2 rings (SSSR count). The minimum absolute atomic E-state index is 0.109. The zero-order valence-corrected chi connectivity index (χ0v) is 8.58. The number of thiol groups is 1. The summed E-state index contributed by atoms with van der Waals surface area (Å²) in [5, 5.41) is 9.13. The highest BCUT2D eigenvalue weighted by Gasteiger charge is 2.28. The summed E-state index contributed by atoms with van der Waals surface area (Å²) >= 11 is 4.07. The van der Waals surface area contributed by atoms with Crippen LogP contribution in [0.15, 0.2) is 5.03 Å². The van der Waals surface area contributed by atoms with Crippen molar-refractivity contribution in [2.24, 2.45) is 0 Å². The molecule has 1 aliphatic carbocycles. The molecule has 5 heteroatoms. The van der Waals surface area contributed by atoms with Crippen LogP contribution in [0.5, 0.6) is 0 Å². The second kappa shape index (κ2) is 3.24. The number of carboxylic acids is 1. The smallest absolute Gasteiger partial charge is 0.340 e. The maximum atomic E-state index is 10.8. The van der Waals surface area contributed by atoms with Crippen LogP contribution < -0.4 is 0 Å². The van der Waals surface area contributed by atoms with Crippen LogP contribution in [-0.4, -0.2) is 21.0 Å². The Morgan fingerprint density at radius 2 is 2.14 bits per heavy atom. The Bertz CT molecular complexity index is 379. The number of aryl methyl sites for hydroxylation is 1. The third kappa shape index (κ3) is 1.59. The average molecular weight is 210 g/mol. The van der Waals surface area contributed by atoms with Crippen LogP contribution in [0.2, 0.25) is 0 Å². The van der Waals surface area contributed by atoms with Gasteiger partial charge in [-0.15, -0.1) is 12.6 Å². The fourth-order valence-electron chi connectivity index (χ4n) is 1.35. The van der Waals surface area contributed by atoms with Gasteiger partial charge in [0, 0.05) is 5.92 Å². The number of nitrogens with zero attached hydrogens (tertiary/aromatic N) is 2. The fraction of sp³-hybridized carbons (Fsp3) is 0.444. The highest BCUT2D eigenvalue weighted by Crippen LogP contribution is 2.38. The molecule has 0 amide bonds. The standard InChI is InChI=1S/C9H10N2O2S/c1-4-6(9(12)13)8(14)11-7(10-4)5-2-3-5/h5H,2-3H2,1H3,(H,12,13)(H,10,11,14). The first-order valence-corrected chi connectivity index (χ1v) is 4.85. The number of aromatic carboxylic acids is 1. The van der Waals surface area contributed by atoms with Crippen molar-refractivity contribution in [2.75, 3.05) is 0 Å². The van der Waals surface area contributed by atoms with Crippen molar-refractivity contribution >= 4 is 18.6 Å². The molecule has 0 atom stereocenters.